The molecule has 0 bridgehead atoms. The zero-order valence-corrected chi connectivity index (χ0v) is 17.1. The smallest absolute Gasteiger partial charge is 0.127 e. The number of aryl methyl sites for hydroxylation is 1. The van der Waals surface area contributed by atoms with E-state index in [0.717, 1.165) is 16.1 Å². The summed E-state index contributed by atoms with van der Waals surface area (Å²) in [4.78, 5) is 0. The highest BCUT2D eigenvalue weighted by atomic mass is 35.5. The van der Waals surface area contributed by atoms with E-state index in [1.54, 1.807) is 12.1 Å². The fourth-order valence-corrected chi connectivity index (χ4v) is 3.03. The van der Waals surface area contributed by atoms with Gasteiger partial charge in [0, 0.05) is 10.4 Å². The highest BCUT2D eigenvalue weighted by Crippen LogP contribution is 2.28. The molecular formula is C24H24ClFO2. The molecule has 0 aliphatic carbocycles. The van der Waals surface area contributed by atoms with Gasteiger partial charge in [-0.1, -0.05) is 49.7 Å². The van der Waals surface area contributed by atoms with Crippen molar-refractivity contribution in [2.24, 2.45) is 0 Å². The normalized spacial score (nSPS) is 11.5. The number of ether oxygens (including phenoxy) is 2. The van der Waals surface area contributed by atoms with Gasteiger partial charge in [-0.15, -0.1) is 0 Å². The van der Waals surface area contributed by atoms with E-state index in [-0.39, 0.29) is 11.2 Å². The second kappa shape index (κ2) is 8.76. The first-order valence-electron chi connectivity index (χ1n) is 9.20. The lowest BCUT2D eigenvalue weighted by Gasteiger charge is -2.26. The van der Waals surface area contributed by atoms with Crippen molar-refractivity contribution in [3.63, 3.8) is 0 Å². The van der Waals surface area contributed by atoms with Crippen molar-refractivity contribution in [3.8, 4) is 11.5 Å². The highest BCUT2D eigenvalue weighted by Gasteiger charge is 2.21. The Bertz CT molecular complexity index is 936. The largest absolute Gasteiger partial charge is 0.457 e. The highest BCUT2D eigenvalue weighted by molar-refractivity contribution is 6.31. The van der Waals surface area contributed by atoms with Crippen molar-refractivity contribution in [1.82, 2.24) is 0 Å². The van der Waals surface area contributed by atoms with Gasteiger partial charge in [0.2, 0.25) is 0 Å². The maximum atomic E-state index is 13.0. The summed E-state index contributed by atoms with van der Waals surface area (Å²) in [7, 11) is 0. The summed E-state index contributed by atoms with van der Waals surface area (Å²) in [6.07, 6.45) is 0. The zero-order valence-electron chi connectivity index (χ0n) is 16.3. The summed E-state index contributed by atoms with van der Waals surface area (Å²) < 4.78 is 24.8. The predicted molar refractivity (Wildman–Crippen MR) is 112 cm³/mol. The molecule has 0 saturated carbocycles. The third kappa shape index (κ3) is 5.34. The van der Waals surface area contributed by atoms with Gasteiger partial charge in [0.25, 0.3) is 0 Å². The minimum absolute atomic E-state index is 0.127. The first-order chi connectivity index (χ1) is 13.3. The topological polar surface area (TPSA) is 18.5 Å². The van der Waals surface area contributed by atoms with Crippen LogP contribution >= 0.6 is 11.6 Å². The van der Waals surface area contributed by atoms with Gasteiger partial charge in [0.1, 0.15) is 17.3 Å². The second-order valence-electron chi connectivity index (χ2n) is 7.54. The molecule has 0 saturated heterocycles. The van der Waals surface area contributed by atoms with Crippen LogP contribution in [0.2, 0.25) is 5.02 Å². The van der Waals surface area contributed by atoms with Crippen molar-refractivity contribution in [3.05, 3.63) is 94.3 Å². The quantitative estimate of drug-likeness (QED) is 0.423. The van der Waals surface area contributed by atoms with Gasteiger partial charge in [0.15, 0.2) is 0 Å². The predicted octanol–water partition coefficient (Wildman–Crippen LogP) is 7.07. The molecule has 3 aromatic rings. The summed E-state index contributed by atoms with van der Waals surface area (Å²) in [5.41, 5.74) is 3.15. The van der Waals surface area contributed by atoms with Crippen LogP contribution in [0.15, 0.2) is 66.7 Å². The average molecular weight is 399 g/mol. The fraction of sp³-hybridized carbons (Fsp3) is 0.250. The van der Waals surface area contributed by atoms with Crippen LogP contribution in [0.1, 0.15) is 30.5 Å². The lowest BCUT2D eigenvalue weighted by atomic mass is 9.85. The maximum Gasteiger partial charge on any atom is 0.127 e. The van der Waals surface area contributed by atoms with E-state index in [1.165, 1.54) is 17.7 Å². The molecule has 4 heteroatoms. The van der Waals surface area contributed by atoms with E-state index in [0.29, 0.717) is 24.7 Å². The number of hydrogen-bond acceptors (Lipinski definition) is 2. The van der Waals surface area contributed by atoms with Gasteiger partial charge >= 0.3 is 0 Å². The van der Waals surface area contributed by atoms with Crippen molar-refractivity contribution in [1.29, 1.82) is 0 Å². The lowest BCUT2D eigenvalue weighted by molar-refractivity contribution is 0.0824. The Kier molecular flexibility index (Phi) is 6.38. The molecule has 0 atom stereocenters. The molecule has 0 aromatic heterocycles. The van der Waals surface area contributed by atoms with Crippen molar-refractivity contribution in [2.45, 2.75) is 32.8 Å². The molecule has 0 aliphatic heterocycles. The van der Waals surface area contributed by atoms with Crippen LogP contribution < -0.4 is 4.74 Å². The molecule has 3 aromatic carbocycles. The van der Waals surface area contributed by atoms with E-state index < -0.39 is 0 Å². The molecule has 2 nitrogen and oxygen atoms in total. The van der Waals surface area contributed by atoms with E-state index in [4.69, 9.17) is 21.1 Å². The van der Waals surface area contributed by atoms with E-state index in [2.05, 4.69) is 26.0 Å². The summed E-state index contributed by atoms with van der Waals surface area (Å²) in [5, 5.41) is 0.776. The van der Waals surface area contributed by atoms with Crippen LogP contribution in [0.3, 0.4) is 0 Å². The molecule has 146 valence electrons. The van der Waals surface area contributed by atoms with Crippen LogP contribution in [0.5, 0.6) is 11.5 Å². The van der Waals surface area contributed by atoms with Crippen LogP contribution in [0.4, 0.5) is 4.39 Å². The molecule has 0 fully saturated rings. The third-order valence-corrected chi connectivity index (χ3v) is 5.04. The van der Waals surface area contributed by atoms with Gasteiger partial charge in [-0.05, 0) is 66.1 Å². The van der Waals surface area contributed by atoms with Crippen molar-refractivity contribution >= 4 is 11.6 Å². The monoisotopic (exact) mass is 398 g/mol. The first-order valence-corrected chi connectivity index (χ1v) is 9.58. The molecule has 0 N–H and O–H groups in total. The Morgan fingerprint density at radius 1 is 0.929 bits per heavy atom. The van der Waals surface area contributed by atoms with Crippen LogP contribution in [0, 0.1) is 12.7 Å². The Balaban J connectivity index is 1.59. The molecule has 3 rings (SSSR count). The first kappa shape index (κ1) is 20.4. The zero-order chi connectivity index (χ0) is 20.1. The summed E-state index contributed by atoms with van der Waals surface area (Å²) in [6.45, 7) is 7.39. The molecular weight excluding hydrogens is 375 g/mol. The standard InChI is InChI=1S/C24H24ClFO2/c1-17-13-19(7-12-23(17)25)24(2,3)16-27-15-18-5-4-6-22(14-18)28-21-10-8-20(26)9-11-21/h4-14H,15-16H2,1-3H3. The Morgan fingerprint density at radius 2 is 1.68 bits per heavy atom. The van der Waals surface area contributed by atoms with Gasteiger partial charge in [-0.3, -0.25) is 0 Å². The summed E-state index contributed by atoms with van der Waals surface area (Å²) in [6, 6.07) is 19.8. The molecule has 0 aliphatic rings. The lowest BCUT2D eigenvalue weighted by Crippen LogP contribution is -2.24. The summed E-state index contributed by atoms with van der Waals surface area (Å²) in [5.74, 6) is 1.01. The van der Waals surface area contributed by atoms with Gasteiger partial charge in [-0.2, -0.15) is 0 Å². The molecule has 0 unspecified atom stereocenters. The minimum atomic E-state index is -0.284. The minimum Gasteiger partial charge on any atom is -0.457 e. The second-order valence-corrected chi connectivity index (χ2v) is 7.95. The molecule has 0 amide bonds. The molecule has 28 heavy (non-hydrogen) atoms. The van der Waals surface area contributed by atoms with Crippen LogP contribution in [-0.4, -0.2) is 6.61 Å². The van der Waals surface area contributed by atoms with Gasteiger partial charge < -0.3 is 9.47 Å². The van der Waals surface area contributed by atoms with Gasteiger partial charge in [-0.25, -0.2) is 4.39 Å². The van der Waals surface area contributed by atoms with E-state index in [1.807, 2.05) is 37.3 Å². The maximum absolute atomic E-state index is 13.0. The van der Waals surface area contributed by atoms with Crippen LogP contribution in [0.25, 0.3) is 0 Å². The SMILES string of the molecule is Cc1cc(C(C)(C)COCc2cccc(Oc3ccc(F)cc3)c2)ccc1Cl. The van der Waals surface area contributed by atoms with Crippen LogP contribution in [-0.2, 0) is 16.8 Å². The molecule has 0 heterocycles. The number of halogens is 2. The van der Waals surface area contributed by atoms with Gasteiger partial charge in [0.05, 0.1) is 13.2 Å². The van der Waals surface area contributed by atoms with E-state index >= 15 is 0 Å². The van der Waals surface area contributed by atoms with Crippen molar-refractivity contribution in [2.75, 3.05) is 6.61 Å². The number of hydrogen-bond donors (Lipinski definition) is 0. The van der Waals surface area contributed by atoms with Crippen molar-refractivity contribution < 1.29 is 13.9 Å². The molecule has 0 radical (unpaired) electrons. The Labute approximate surface area is 170 Å². The Hall–Kier alpha value is -2.36. The number of rotatable bonds is 7. The molecule has 0 spiro atoms. The fourth-order valence-electron chi connectivity index (χ4n) is 2.91. The number of benzene rings is 3. The Morgan fingerprint density at radius 3 is 2.39 bits per heavy atom. The van der Waals surface area contributed by atoms with E-state index in [9.17, 15) is 4.39 Å². The average Bonchev–Trinajstić information content (AvgIpc) is 2.66. The summed E-state index contributed by atoms with van der Waals surface area (Å²) >= 11 is 6.13. The third-order valence-electron chi connectivity index (χ3n) is 4.62.